The average Bonchev–Trinajstić information content (AvgIpc) is 4.15. The largest absolute Gasteiger partial charge is 0.479 e. The Labute approximate surface area is 388 Å². The van der Waals surface area contributed by atoms with Crippen LogP contribution in [0.3, 0.4) is 0 Å². The summed E-state index contributed by atoms with van der Waals surface area (Å²) in [5, 5.41) is 9.09. The van der Waals surface area contributed by atoms with Crippen LogP contribution in [0.25, 0.3) is 35.7 Å². The molecule has 68 heavy (non-hydrogen) atoms. The minimum atomic E-state index is -0.634. The van der Waals surface area contributed by atoms with E-state index in [1.54, 1.807) is 70.3 Å². The van der Waals surface area contributed by atoms with Crippen LogP contribution in [0.5, 0.6) is 11.8 Å². The summed E-state index contributed by atoms with van der Waals surface area (Å²) >= 11 is 0. The zero-order chi connectivity index (χ0) is 47.6. The van der Waals surface area contributed by atoms with Crippen LogP contribution >= 0.6 is 0 Å². The van der Waals surface area contributed by atoms with Gasteiger partial charge in [0.2, 0.25) is 23.7 Å². The van der Waals surface area contributed by atoms with Crippen LogP contribution in [0.15, 0.2) is 85.7 Å². The highest BCUT2D eigenvalue weighted by atomic mass is 19.1. The van der Waals surface area contributed by atoms with Crippen molar-refractivity contribution in [1.82, 2.24) is 58.6 Å². The second-order valence-corrected chi connectivity index (χ2v) is 16.2. The van der Waals surface area contributed by atoms with E-state index < -0.39 is 23.3 Å². The number of hydrogen-bond donors (Lipinski definition) is 0. The standard InChI is InChI=1S/2C24H23F2N7O/c2*1-15-13-31(14-27-15)21-8-5-18(28-23(21)34-3)6-9-22-29-24-32(30-22)11-10-16(2)33(24)20-7-4-17(25)12-19(20)26/h2*4-9,12-14,16H,10-11H2,1-3H3/b2*9-6+/t2*16-/m10/s1. The molecule has 348 valence electrons. The Morgan fingerprint density at radius 1 is 0.544 bits per heavy atom. The first-order valence-corrected chi connectivity index (χ1v) is 21.7. The molecule has 0 N–H and O–H groups in total. The molecule has 0 unspecified atom stereocenters. The first-order valence-electron chi connectivity index (χ1n) is 21.7. The van der Waals surface area contributed by atoms with Crippen molar-refractivity contribution < 1.29 is 27.0 Å². The number of pyridine rings is 2. The van der Waals surface area contributed by atoms with E-state index in [-0.39, 0.29) is 23.5 Å². The molecule has 0 spiro atoms. The van der Waals surface area contributed by atoms with Gasteiger partial charge in [0.05, 0.1) is 61.0 Å². The van der Waals surface area contributed by atoms with Gasteiger partial charge in [0.15, 0.2) is 11.6 Å². The zero-order valence-corrected chi connectivity index (χ0v) is 38.0. The summed E-state index contributed by atoms with van der Waals surface area (Å²) < 4.78 is 74.0. The number of rotatable bonds is 10. The summed E-state index contributed by atoms with van der Waals surface area (Å²) in [7, 11) is 3.14. The zero-order valence-electron chi connectivity index (χ0n) is 38.0. The number of halogens is 4. The van der Waals surface area contributed by atoms with Crippen molar-refractivity contribution in [3.63, 3.8) is 0 Å². The topological polar surface area (TPSA) is 148 Å². The van der Waals surface area contributed by atoms with Crippen molar-refractivity contribution in [2.24, 2.45) is 0 Å². The van der Waals surface area contributed by atoms with Gasteiger partial charge in [-0.1, -0.05) is 0 Å². The van der Waals surface area contributed by atoms with E-state index in [1.165, 1.54) is 24.3 Å². The van der Waals surface area contributed by atoms with E-state index in [9.17, 15) is 17.6 Å². The number of methoxy groups -OCH3 is 2. The summed E-state index contributed by atoms with van der Waals surface area (Å²) in [6.07, 6.45) is 15.8. The molecule has 0 saturated heterocycles. The summed E-state index contributed by atoms with van der Waals surface area (Å²) in [5.41, 5.74) is 5.22. The highest BCUT2D eigenvalue weighted by Gasteiger charge is 2.31. The maximum Gasteiger partial charge on any atom is 0.238 e. The number of anilines is 4. The Hall–Kier alpha value is -8.16. The van der Waals surface area contributed by atoms with Crippen LogP contribution < -0.4 is 19.3 Å². The molecular formula is C48H46F4N14O2. The fourth-order valence-corrected chi connectivity index (χ4v) is 8.01. The van der Waals surface area contributed by atoms with Gasteiger partial charge in [-0.25, -0.2) is 46.9 Å². The number of fused-ring (bicyclic) bond motifs is 2. The predicted octanol–water partition coefficient (Wildman–Crippen LogP) is 9.11. The molecule has 0 saturated carbocycles. The Kier molecular flexibility index (Phi) is 12.6. The molecule has 6 aromatic heterocycles. The van der Waals surface area contributed by atoms with Crippen molar-refractivity contribution in [1.29, 1.82) is 0 Å². The van der Waals surface area contributed by atoms with Crippen LogP contribution in [0, 0.1) is 37.1 Å². The van der Waals surface area contributed by atoms with E-state index >= 15 is 0 Å². The molecule has 0 aliphatic carbocycles. The molecule has 16 nitrogen and oxygen atoms in total. The fourth-order valence-electron chi connectivity index (χ4n) is 8.01. The van der Waals surface area contributed by atoms with Gasteiger partial charge in [0.1, 0.15) is 34.6 Å². The van der Waals surface area contributed by atoms with Gasteiger partial charge >= 0.3 is 0 Å². The molecule has 0 radical (unpaired) electrons. The Bertz CT molecular complexity index is 2960. The summed E-state index contributed by atoms with van der Waals surface area (Å²) in [5.74, 6) is 0.377. The van der Waals surface area contributed by atoms with Crippen LogP contribution in [0.4, 0.5) is 40.8 Å². The molecule has 0 fully saturated rings. The Balaban J connectivity index is 0.000000170. The average molecular weight is 927 g/mol. The third-order valence-corrected chi connectivity index (χ3v) is 11.4. The van der Waals surface area contributed by atoms with E-state index in [2.05, 4.69) is 40.1 Å². The second kappa shape index (κ2) is 19.0. The van der Waals surface area contributed by atoms with Crippen molar-refractivity contribution >= 4 is 47.6 Å². The maximum absolute atomic E-state index is 14.5. The molecular weight excluding hydrogens is 881 g/mol. The SMILES string of the molecule is COc1nc(/C=C/c2nc3n(n2)CC[C@@H](C)N3c2ccc(F)cc2F)ccc1-n1cnc(C)c1.COc1nc(/C=C/c2nc3n(n2)CC[C@H](C)N3c2ccc(F)cc2F)ccc1-n1cnc(C)c1. The molecule has 20 heteroatoms. The van der Waals surface area contributed by atoms with Gasteiger partial charge in [0, 0.05) is 49.7 Å². The number of hydrogen-bond acceptors (Lipinski definition) is 12. The predicted molar refractivity (Wildman–Crippen MR) is 248 cm³/mol. The van der Waals surface area contributed by atoms with E-state index in [0.717, 1.165) is 47.7 Å². The molecule has 2 aliphatic rings. The highest BCUT2D eigenvalue weighted by molar-refractivity contribution is 5.69. The Morgan fingerprint density at radius 3 is 1.32 bits per heavy atom. The number of aryl methyl sites for hydroxylation is 4. The summed E-state index contributed by atoms with van der Waals surface area (Å²) in [4.78, 5) is 30.3. The normalized spacial score (nSPS) is 15.7. The number of nitrogens with zero attached hydrogens (tertiary/aromatic N) is 14. The Morgan fingerprint density at radius 2 is 0.956 bits per heavy atom. The van der Waals surface area contributed by atoms with Crippen molar-refractivity contribution in [3.05, 3.63) is 143 Å². The minimum Gasteiger partial charge on any atom is -0.479 e. The molecule has 2 atom stereocenters. The van der Waals surface area contributed by atoms with Crippen molar-refractivity contribution in [2.45, 2.75) is 65.7 Å². The second-order valence-electron chi connectivity index (χ2n) is 16.2. The minimum absolute atomic E-state index is 0.0150. The number of imidazole rings is 2. The van der Waals surface area contributed by atoms with Gasteiger partial charge in [-0.2, -0.15) is 9.97 Å². The lowest BCUT2D eigenvalue weighted by molar-refractivity contribution is 0.395. The highest BCUT2D eigenvalue weighted by Crippen LogP contribution is 2.36. The molecule has 8 aromatic rings. The lowest BCUT2D eigenvalue weighted by Gasteiger charge is -2.34. The smallest absolute Gasteiger partial charge is 0.238 e. The van der Waals surface area contributed by atoms with Crippen molar-refractivity contribution in [3.8, 4) is 23.1 Å². The van der Waals surface area contributed by atoms with Gasteiger partial charge in [-0.3, -0.25) is 0 Å². The van der Waals surface area contributed by atoms with Crippen LogP contribution in [-0.4, -0.2) is 84.9 Å². The van der Waals surface area contributed by atoms with Gasteiger partial charge in [0.25, 0.3) is 0 Å². The third-order valence-electron chi connectivity index (χ3n) is 11.4. The monoisotopic (exact) mass is 926 g/mol. The van der Waals surface area contributed by atoms with Crippen LogP contribution in [0.1, 0.15) is 61.1 Å². The van der Waals surface area contributed by atoms with Crippen LogP contribution in [-0.2, 0) is 13.1 Å². The number of aromatic nitrogens is 12. The molecule has 0 bridgehead atoms. The fraction of sp³-hybridized carbons (Fsp3) is 0.250. The van der Waals surface area contributed by atoms with Gasteiger partial charge in [-0.05, 0) is 113 Å². The first-order chi connectivity index (χ1) is 32.8. The molecule has 2 aliphatic heterocycles. The van der Waals surface area contributed by atoms with Gasteiger partial charge < -0.3 is 28.4 Å². The van der Waals surface area contributed by atoms with E-state index in [4.69, 9.17) is 9.47 Å². The molecule has 8 heterocycles. The van der Waals surface area contributed by atoms with Gasteiger partial charge in [-0.15, -0.1) is 10.2 Å². The molecule has 0 amide bonds. The molecule has 2 aromatic carbocycles. The summed E-state index contributed by atoms with van der Waals surface area (Å²) in [6.45, 7) is 9.10. The molecule has 10 rings (SSSR count). The van der Waals surface area contributed by atoms with Crippen molar-refractivity contribution in [2.75, 3.05) is 24.0 Å². The number of ether oxygens (including phenoxy) is 2. The maximum atomic E-state index is 14.5. The number of benzene rings is 2. The first kappa shape index (κ1) is 45.0. The van der Waals surface area contributed by atoms with Crippen LogP contribution in [0.2, 0.25) is 0 Å². The van der Waals surface area contributed by atoms with E-state index in [0.29, 0.717) is 59.8 Å². The summed E-state index contributed by atoms with van der Waals surface area (Å²) in [6, 6.07) is 14.6. The third kappa shape index (κ3) is 9.29. The van der Waals surface area contributed by atoms with E-state index in [1.807, 2.05) is 73.5 Å². The lowest BCUT2D eigenvalue weighted by atomic mass is 10.1. The quantitative estimate of drug-likeness (QED) is 0.121. The lowest BCUT2D eigenvalue weighted by Crippen LogP contribution is -2.36.